The second-order valence-corrected chi connectivity index (χ2v) is 7.78. The molecular weight excluding hydrogens is 330 g/mol. The lowest BCUT2D eigenvalue weighted by molar-refractivity contribution is -0.114. The summed E-state index contributed by atoms with van der Waals surface area (Å²) in [6.45, 7) is 20.6. The number of benzene rings is 1. The predicted octanol–water partition coefficient (Wildman–Crippen LogP) is 6.34. The minimum atomic E-state index is -0.377. The Labute approximate surface area is 165 Å². The highest BCUT2D eigenvalue weighted by molar-refractivity contribution is 5.96. The molecule has 0 bridgehead atoms. The number of aryl methyl sites for hydroxylation is 1. The van der Waals surface area contributed by atoms with Gasteiger partial charge in [0.25, 0.3) is 0 Å². The van der Waals surface area contributed by atoms with E-state index in [1.165, 1.54) is 11.1 Å². The lowest BCUT2D eigenvalue weighted by Gasteiger charge is -2.20. The van der Waals surface area contributed by atoms with Crippen LogP contribution in [0.15, 0.2) is 54.7 Å². The summed E-state index contributed by atoms with van der Waals surface area (Å²) in [6.07, 6.45) is 6.15. The van der Waals surface area contributed by atoms with Gasteiger partial charge in [0.2, 0.25) is 5.91 Å². The van der Waals surface area contributed by atoms with Gasteiger partial charge in [-0.05, 0) is 73.4 Å². The first-order valence-electron chi connectivity index (χ1n) is 9.72. The fraction of sp³-hybridized carbons (Fsp3) is 0.400. The highest BCUT2D eigenvalue weighted by atomic mass is 16.1. The van der Waals surface area contributed by atoms with Gasteiger partial charge < -0.3 is 5.73 Å². The molecule has 0 spiro atoms. The number of primary amides is 1. The van der Waals surface area contributed by atoms with Crippen molar-refractivity contribution in [3.63, 3.8) is 0 Å². The maximum absolute atomic E-state index is 11.9. The van der Waals surface area contributed by atoms with Gasteiger partial charge in [0.15, 0.2) is 0 Å². The first-order valence-corrected chi connectivity index (χ1v) is 9.72. The zero-order chi connectivity index (χ0) is 20.7. The molecule has 0 aromatic heterocycles. The van der Waals surface area contributed by atoms with Gasteiger partial charge in [-0.25, -0.2) is 0 Å². The van der Waals surface area contributed by atoms with Crippen molar-refractivity contribution in [2.75, 3.05) is 0 Å². The average Bonchev–Trinajstić information content (AvgIpc) is 2.60. The molecule has 1 amide bonds. The Balaban J connectivity index is 3.39. The number of hydrogen-bond acceptors (Lipinski definition) is 1. The fourth-order valence-corrected chi connectivity index (χ4v) is 3.41. The van der Waals surface area contributed by atoms with Crippen molar-refractivity contribution in [3.8, 4) is 0 Å². The molecule has 2 nitrogen and oxygen atoms in total. The van der Waals surface area contributed by atoms with Gasteiger partial charge in [-0.15, -0.1) is 0 Å². The quantitative estimate of drug-likeness (QED) is 0.403. The summed E-state index contributed by atoms with van der Waals surface area (Å²) in [6, 6.07) is 6.47. The van der Waals surface area contributed by atoms with Crippen molar-refractivity contribution < 1.29 is 4.79 Å². The SMILES string of the molecule is C=C/C(=C\C)c1cc(C(=C)C(C)C(C(N)=O)=C(C)C)ccc1CCC(C)C. The van der Waals surface area contributed by atoms with Crippen LogP contribution in [0.3, 0.4) is 0 Å². The maximum atomic E-state index is 11.9. The number of allylic oxidation sites excluding steroid dienone is 5. The van der Waals surface area contributed by atoms with E-state index in [4.69, 9.17) is 5.73 Å². The summed E-state index contributed by atoms with van der Waals surface area (Å²) in [4.78, 5) is 11.9. The number of carbonyl (C=O) groups excluding carboxylic acids is 1. The standard InChI is InChI=1S/C25H35NO/c1-9-20(10-2)23-15-22(14-13-21(23)12-11-16(3)4)18(7)19(8)24(17(5)6)25(26)27/h9-10,13-16,19H,1,7,11-12H2,2-6,8H3,(H2,26,27)/b20-10+. The Morgan fingerprint density at radius 1 is 1.22 bits per heavy atom. The Hall–Kier alpha value is -2.35. The van der Waals surface area contributed by atoms with Crippen molar-refractivity contribution >= 4 is 17.1 Å². The van der Waals surface area contributed by atoms with Crippen LogP contribution in [-0.2, 0) is 11.2 Å². The van der Waals surface area contributed by atoms with E-state index >= 15 is 0 Å². The summed E-state index contributed by atoms with van der Waals surface area (Å²) in [7, 11) is 0. The topological polar surface area (TPSA) is 43.1 Å². The summed E-state index contributed by atoms with van der Waals surface area (Å²) < 4.78 is 0. The molecule has 2 N–H and O–H groups in total. The summed E-state index contributed by atoms with van der Waals surface area (Å²) in [5.41, 5.74) is 12.7. The number of carbonyl (C=O) groups is 1. The number of nitrogens with two attached hydrogens (primary N) is 1. The molecule has 1 aromatic rings. The number of rotatable bonds is 9. The van der Waals surface area contributed by atoms with Gasteiger partial charge in [0.05, 0.1) is 0 Å². The molecule has 27 heavy (non-hydrogen) atoms. The molecule has 0 radical (unpaired) electrons. The van der Waals surface area contributed by atoms with Gasteiger partial charge in [0.1, 0.15) is 0 Å². The van der Waals surface area contributed by atoms with Crippen molar-refractivity contribution in [2.45, 2.75) is 54.4 Å². The van der Waals surface area contributed by atoms with Gasteiger partial charge in [0, 0.05) is 11.5 Å². The first-order chi connectivity index (χ1) is 12.6. The van der Waals surface area contributed by atoms with Crippen molar-refractivity contribution in [1.82, 2.24) is 0 Å². The minimum Gasteiger partial charge on any atom is -0.366 e. The van der Waals surface area contributed by atoms with E-state index in [-0.39, 0.29) is 11.8 Å². The van der Waals surface area contributed by atoms with Crippen LogP contribution in [0, 0.1) is 11.8 Å². The molecular formula is C25H35NO. The number of hydrogen-bond donors (Lipinski definition) is 1. The molecule has 0 aliphatic heterocycles. The number of amides is 1. The zero-order valence-corrected chi connectivity index (χ0v) is 17.9. The second-order valence-electron chi connectivity index (χ2n) is 7.78. The molecule has 0 aliphatic carbocycles. The zero-order valence-electron chi connectivity index (χ0n) is 17.9. The monoisotopic (exact) mass is 365 g/mol. The third-order valence-corrected chi connectivity index (χ3v) is 5.07. The molecule has 1 rings (SSSR count). The highest BCUT2D eigenvalue weighted by Gasteiger charge is 2.20. The molecule has 0 fully saturated rings. The normalized spacial score (nSPS) is 12.6. The van der Waals surface area contributed by atoms with Crippen LogP contribution >= 0.6 is 0 Å². The van der Waals surface area contributed by atoms with Crippen LogP contribution in [0.2, 0.25) is 0 Å². The Morgan fingerprint density at radius 2 is 1.85 bits per heavy atom. The molecule has 1 unspecified atom stereocenters. The van der Waals surface area contributed by atoms with Crippen molar-refractivity contribution in [2.24, 2.45) is 17.6 Å². The minimum absolute atomic E-state index is 0.125. The van der Waals surface area contributed by atoms with E-state index in [1.54, 1.807) is 0 Å². The van der Waals surface area contributed by atoms with Crippen LogP contribution in [0.4, 0.5) is 0 Å². The van der Waals surface area contributed by atoms with E-state index in [2.05, 4.69) is 51.3 Å². The molecule has 2 heteroatoms. The van der Waals surface area contributed by atoms with Gasteiger partial charge in [-0.2, -0.15) is 0 Å². The molecule has 146 valence electrons. The van der Waals surface area contributed by atoms with Gasteiger partial charge >= 0.3 is 0 Å². The largest absolute Gasteiger partial charge is 0.366 e. The summed E-state index contributed by atoms with van der Waals surface area (Å²) in [5.74, 6) is 0.151. The van der Waals surface area contributed by atoms with Crippen molar-refractivity contribution in [1.29, 1.82) is 0 Å². The van der Waals surface area contributed by atoms with E-state index < -0.39 is 0 Å². The maximum Gasteiger partial charge on any atom is 0.245 e. The van der Waals surface area contributed by atoms with Crippen molar-refractivity contribution in [3.05, 3.63) is 71.3 Å². The van der Waals surface area contributed by atoms with Crippen LogP contribution in [-0.4, -0.2) is 5.91 Å². The van der Waals surface area contributed by atoms with E-state index in [0.717, 1.165) is 35.1 Å². The molecule has 0 aliphatic rings. The van der Waals surface area contributed by atoms with Crippen LogP contribution in [0.1, 0.15) is 64.7 Å². The third kappa shape index (κ3) is 5.82. The Bertz CT molecular complexity index is 774. The molecule has 0 saturated heterocycles. The highest BCUT2D eigenvalue weighted by Crippen LogP contribution is 2.32. The summed E-state index contributed by atoms with van der Waals surface area (Å²) in [5, 5.41) is 0. The van der Waals surface area contributed by atoms with E-state index in [0.29, 0.717) is 11.5 Å². The van der Waals surface area contributed by atoms with Crippen LogP contribution in [0.5, 0.6) is 0 Å². The molecule has 1 atom stereocenters. The van der Waals surface area contributed by atoms with E-state index in [1.807, 2.05) is 33.8 Å². The Morgan fingerprint density at radius 3 is 2.30 bits per heavy atom. The second kappa shape index (κ2) is 10.1. The summed E-state index contributed by atoms with van der Waals surface area (Å²) >= 11 is 0. The molecule has 0 saturated carbocycles. The van der Waals surface area contributed by atoms with Crippen LogP contribution in [0.25, 0.3) is 11.1 Å². The first kappa shape index (κ1) is 22.7. The lowest BCUT2D eigenvalue weighted by Crippen LogP contribution is -2.21. The van der Waals surface area contributed by atoms with E-state index in [9.17, 15) is 4.79 Å². The average molecular weight is 366 g/mol. The fourth-order valence-electron chi connectivity index (χ4n) is 3.41. The Kier molecular flexibility index (Phi) is 8.49. The molecule has 1 aromatic carbocycles. The van der Waals surface area contributed by atoms with Crippen LogP contribution < -0.4 is 5.73 Å². The van der Waals surface area contributed by atoms with Gasteiger partial charge in [-0.3, -0.25) is 4.79 Å². The third-order valence-electron chi connectivity index (χ3n) is 5.07. The lowest BCUT2D eigenvalue weighted by atomic mass is 9.84. The predicted molar refractivity (Wildman–Crippen MR) is 119 cm³/mol. The van der Waals surface area contributed by atoms with Gasteiger partial charge in [-0.1, -0.05) is 63.8 Å². The smallest absolute Gasteiger partial charge is 0.245 e. The molecule has 0 heterocycles.